The van der Waals surface area contributed by atoms with Crippen LogP contribution in [0.3, 0.4) is 0 Å². The van der Waals surface area contributed by atoms with Gasteiger partial charge in [0.2, 0.25) is 0 Å². The number of nitrogens with one attached hydrogen (secondary N) is 1. The lowest BCUT2D eigenvalue weighted by Crippen LogP contribution is -2.29. The summed E-state index contributed by atoms with van der Waals surface area (Å²) in [5.74, 6) is 0. The molecule has 5 nitrogen and oxygen atoms in total. The second-order valence-electron chi connectivity index (χ2n) is 7.38. The van der Waals surface area contributed by atoms with E-state index in [4.69, 9.17) is 9.15 Å². The minimum absolute atomic E-state index is 0.459. The Morgan fingerprint density at radius 3 is 2.55 bits per heavy atom. The van der Waals surface area contributed by atoms with E-state index in [1.807, 2.05) is 36.4 Å². The predicted molar refractivity (Wildman–Crippen MR) is 115 cm³/mol. The van der Waals surface area contributed by atoms with E-state index in [0.29, 0.717) is 12.1 Å². The normalized spacial score (nSPS) is 14.3. The van der Waals surface area contributed by atoms with Crippen LogP contribution >= 0.6 is 0 Å². The molecule has 29 heavy (non-hydrogen) atoms. The zero-order chi connectivity index (χ0) is 19.2. The van der Waals surface area contributed by atoms with E-state index >= 15 is 0 Å². The maximum Gasteiger partial charge on any atom is 0.300 e. The van der Waals surface area contributed by atoms with Gasteiger partial charge in [0, 0.05) is 22.8 Å². The van der Waals surface area contributed by atoms with Crippen LogP contribution < -0.4 is 5.32 Å². The number of fused-ring (bicyclic) bond motifs is 2. The van der Waals surface area contributed by atoms with Crippen molar-refractivity contribution < 1.29 is 9.15 Å². The molecule has 3 heterocycles. The maximum absolute atomic E-state index is 5.84. The Labute approximate surface area is 167 Å². The first-order valence-corrected chi connectivity index (χ1v) is 9.75. The van der Waals surface area contributed by atoms with E-state index in [2.05, 4.69) is 57.5 Å². The summed E-state index contributed by atoms with van der Waals surface area (Å²) in [5.41, 5.74) is 6.10. The van der Waals surface area contributed by atoms with Crippen molar-refractivity contribution in [2.45, 2.75) is 6.04 Å². The highest BCUT2D eigenvalue weighted by Crippen LogP contribution is 2.31. The van der Waals surface area contributed by atoms with Gasteiger partial charge in [-0.2, -0.15) is 4.98 Å². The monoisotopic (exact) mass is 381 g/mol. The predicted octanol–water partition coefficient (Wildman–Crippen LogP) is 5.76. The number of rotatable bonds is 4. The molecule has 0 unspecified atom stereocenters. The Hall–Kier alpha value is -3.57. The number of aromatic nitrogens is 2. The summed E-state index contributed by atoms with van der Waals surface area (Å²) in [5, 5.41) is 4.45. The zero-order valence-corrected chi connectivity index (χ0v) is 15.7. The molecule has 1 N–H and O–H groups in total. The largest absolute Gasteiger partial charge is 0.423 e. The van der Waals surface area contributed by atoms with Gasteiger partial charge in [-0.3, -0.25) is 0 Å². The van der Waals surface area contributed by atoms with Crippen LogP contribution in [0.1, 0.15) is 6.04 Å². The lowest BCUT2D eigenvalue weighted by molar-refractivity contribution is -0.0213. The minimum Gasteiger partial charge on any atom is -0.423 e. The maximum atomic E-state index is 5.84. The van der Waals surface area contributed by atoms with Gasteiger partial charge in [-0.25, -0.2) is 0 Å². The number of ether oxygens (including phenoxy) is 1. The molecule has 2 aromatic heterocycles. The highest BCUT2D eigenvalue weighted by molar-refractivity contribution is 5.88. The van der Waals surface area contributed by atoms with Crippen molar-refractivity contribution in [2.75, 3.05) is 18.5 Å². The Morgan fingerprint density at radius 1 is 0.897 bits per heavy atom. The van der Waals surface area contributed by atoms with Crippen molar-refractivity contribution in [2.24, 2.45) is 0 Å². The summed E-state index contributed by atoms with van der Waals surface area (Å²) in [7, 11) is 0. The molecule has 142 valence electrons. The van der Waals surface area contributed by atoms with E-state index in [-0.39, 0.29) is 0 Å². The fraction of sp³-hybridized carbons (Fsp3) is 0.125. The van der Waals surface area contributed by atoms with Crippen molar-refractivity contribution in [1.29, 1.82) is 0 Å². The van der Waals surface area contributed by atoms with Gasteiger partial charge >= 0.3 is 0 Å². The van der Waals surface area contributed by atoms with Gasteiger partial charge in [0.15, 0.2) is 5.58 Å². The smallest absolute Gasteiger partial charge is 0.300 e. The Morgan fingerprint density at radius 2 is 1.72 bits per heavy atom. The topological polar surface area (TPSA) is 52.2 Å². The third-order valence-electron chi connectivity index (χ3n) is 5.48. The van der Waals surface area contributed by atoms with Crippen molar-refractivity contribution in [1.82, 2.24) is 9.55 Å². The number of nitrogens with zero attached hydrogens (tertiary/aromatic N) is 2. The van der Waals surface area contributed by atoms with Gasteiger partial charge in [0.05, 0.1) is 19.3 Å². The van der Waals surface area contributed by atoms with Crippen LogP contribution in [0.15, 0.2) is 83.4 Å². The first-order chi connectivity index (χ1) is 14.3. The molecule has 1 saturated heterocycles. The third kappa shape index (κ3) is 2.87. The van der Waals surface area contributed by atoms with Crippen LogP contribution in [0, 0.1) is 0 Å². The molecule has 3 aromatic carbocycles. The molecule has 0 atom stereocenters. The van der Waals surface area contributed by atoms with Gasteiger partial charge < -0.3 is 19.0 Å². The first-order valence-electron chi connectivity index (χ1n) is 9.75. The van der Waals surface area contributed by atoms with Crippen molar-refractivity contribution in [3.05, 3.63) is 79.0 Å². The van der Waals surface area contributed by atoms with Gasteiger partial charge in [-0.05, 0) is 53.6 Å². The lowest BCUT2D eigenvalue weighted by atomic mass is 10.0. The lowest BCUT2D eigenvalue weighted by Gasteiger charge is -2.28. The summed E-state index contributed by atoms with van der Waals surface area (Å²) in [6.45, 7) is 1.60. The Bertz CT molecular complexity index is 1320. The highest BCUT2D eigenvalue weighted by Gasteiger charge is 2.21. The van der Waals surface area contributed by atoms with E-state index in [1.165, 1.54) is 16.5 Å². The van der Waals surface area contributed by atoms with Crippen molar-refractivity contribution in [3.8, 4) is 11.1 Å². The number of anilines is 2. The number of para-hydroxylation sites is 1. The molecule has 1 fully saturated rings. The number of hydrogen-bond donors (Lipinski definition) is 1. The zero-order valence-electron chi connectivity index (χ0n) is 15.7. The molecule has 0 bridgehead atoms. The molecule has 1 aliphatic heterocycles. The van der Waals surface area contributed by atoms with Gasteiger partial charge in [-0.15, -0.1) is 0 Å². The Balaban J connectivity index is 1.33. The van der Waals surface area contributed by atoms with Gasteiger partial charge in [0.25, 0.3) is 6.01 Å². The average molecular weight is 381 g/mol. The number of oxazole rings is 1. The summed E-state index contributed by atoms with van der Waals surface area (Å²) >= 11 is 0. The van der Waals surface area contributed by atoms with Crippen LogP contribution in [0.4, 0.5) is 11.7 Å². The molecule has 5 aromatic rings. The van der Waals surface area contributed by atoms with E-state index in [0.717, 1.165) is 35.6 Å². The molecular formula is C24H19N3O2. The quantitative estimate of drug-likeness (QED) is 0.430. The molecule has 6 rings (SSSR count). The summed E-state index contributed by atoms with van der Waals surface area (Å²) in [4.78, 5) is 4.61. The van der Waals surface area contributed by atoms with Crippen LogP contribution in [-0.4, -0.2) is 22.8 Å². The van der Waals surface area contributed by atoms with Crippen molar-refractivity contribution in [3.63, 3.8) is 0 Å². The molecule has 0 amide bonds. The second kappa shape index (κ2) is 6.50. The molecule has 0 saturated carbocycles. The molecule has 1 aliphatic rings. The van der Waals surface area contributed by atoms with Crippen molar-refractivity contribution >= 4 is 33.7 Å². The summed E-state index contributed by atoms with van der Waals surface area (Å²) in [6.07, 6.45) is 2.16. The van der Waals surface area contributed by atoms with Crippen LogP contribution in [0.5, 0.6) is 0 Å². The molecule has 0 radical (unpaired) electrons. The van der Waals surface area contributed by atoms with Gasteiger partial charge in [-0.1, -0.05) is 30.3 Å². The average Bonchev–Trinajstić information content (AvgIpc) is 3.30. The SMILES string of the molecule is c1ccc(Nc2nc3cc(-c4ccc5c(ccn5C5COC5)c4)ccc3o2)cc1. The molecule has 5 heteroatoms. The summed E-state index contributed by atoms with van der Waals surface area (Å²) < 4.78 is 13.5. The fourth-order valence-corrected chi connectivity index (χ4v) is 3.85. The van der Waals surface area contributed by atoms with Crippen LogP contribution in [0.25, 0.3) is 33.1 Å². The minimum atomic E-state index is 0.459. The first kappa shape index (κ1) is 16.4. The fourth-order valence-electron chi connectivity index (χ4n) is 3.85. The third-order valence-corrected chi connectivity index (χ3v) is 5.48. The number of hydrogen-bond acceptors (Lipinski definition) is 4. The van der Waals surface area contributed by atoms with Crippen LogP contribution in [0.2, 0.25) is 0 Å². The van der Waals surface area contributed by atoms with E-state index < -0.39 is 0 Å². The number of benzene rings is 3. The Kier molecular flexibility index (Phi) is 3.67. The summed E-state index contributed by atoms with van der Waals surface area (Å²) in [6, 6.07) is 25.8. The second-order valence-corrected chi connectivity index (χ2v) is 7.38. The van der Waals surface area contributed by atoms with Crippen LogP contribution in [-0.2, 0) is 4.74 Å². The highest BCUT2D eigenvalue weighted by atomic mass is 16.5. The van der Waals surface area contributed by atoms with Gasteiger partial charge in [0.1, 0.15) is 5.52 Å². The molecule has 0 spiro atoms. The molecule has 0 aliphatic carbocycles. The molecular weight excluding hydrogens is 362 g/mol. The standard InChI is InChI=1S/C24H19N3O2/c1-2-4-19(5-3-1)25-24-26-21-13-17(7-9-23(21)29-24)16-6-8-22-18(12-16)10-11-27(22)20-14-28-15-20/h1-13,20H,14-15H2,(H,25,26). The van der Waals surface area contributed by atoms with E-state index in [1.54, 1.807) is 0 Å². The van der Waals surface area contributed by atoms with E-state index in [9.17, 15) is 0 Å².